The molecular weight excluding hydrogens is 424 g/mol. The van der Waals surface area contributed by atoms with Gasteiger partial charge >= 0.3 is 0 Å². The molecule has 1 saturated heterocycles. The van der Waals surface area contributed by atoms with E-state index in [1.54, 1.807) is 55.8 Å². The van der Waals surface area contributed by atoms with Crippen molar-refractivity contribution in [3.05, 3.63) is 60.0 Å². The van der Waals surface area contributed by atoms with Crippen LogP contribution in [0.5, 0.6) is 11.5 Å². The van der Waals surface area contributed by atoms with Crippen LogP contribution in [0.15, 0.2) is 53.3 Å². The van der Waals surface area contributed by atoms with Crippen LogP contribution < -0.4 is 14.8 Å². The summed E-state index contributed by atoms with van der Waals surface area (Å²) in [7, 11) is 3.12. The van der Waals surface area contributed by atoms with Gasteiger partial charge in [-0.1, -0.05) is 5.16 Å². The lowest BCUT2D eigenvalue weighted by Crippen LogP contribution is -2.51. The van der Waals surface area contributed by atoms with E-state index in [0.29, 0.717) is 42.3 Å². The van der Waals surface area contributed by atoms with Crippen molar-refractivity contribution in [1.82, 2.24) is 20.4 Å². The summed E-state index contributed by atoms with van der Waals surface area (Å²) in [6, 6.07) is 9.98. The minimum Gasteiger partial charge on any atom is -0.497 e. The highest BCUT2D eigenvalue weighted by atomic mass is 16.5. The first-order chi connectivity index (χ1) is 16.1. The Morgan fingerprint density at radius 1 is 1.12 bits per heavy atom. The third kappa shape index (κ3) is 4.97. The van der Waals surface area contributed by atoms with Gasteiger partial charge in [-0.05, 0) is 55.2 Å². The molecule has 0 saturated carbocycles. The zero-order chi connectivity index (χ0) is 23.2. The molecule has 33 heavy (non-hydrogen) atoms. The molecule has 1 fully saturated rings. The number of likely N-dealkylation sites (tertiary alicyclic amines) is 1. The van der Waals surface area contributed by atoms with E-state index in [-0.39, 0.29) is 17.5 Å². The van der Waals surface area contributed by atoms with Crippen molar-refractivity contribution in [2.45, 2.75) is 31.8 Å². The van der Waals surface area contributed by atoms with E-state index in [1.807, 2.05) is 12.1 Å². The number of rotatable bonds is 7. The minimum absolute atomic E-state index is 0.142. The number of piperidine rings is 1. The van der Waals surface area contributed by atoms with Crippen LogP contribution in [0.4, 0.5) is 0 Å². The summed E-state index contributed by atoms with van der Waals surface area (Å²) < 4.78 is 16.1. The SMILES string of the molecule is COc1ccc(OC)c(-c2cc(C(=O)N3CCCC[C@@H]3C(=O)NCc3ccncc3)no2)c1. The fourth-order valence-electron chi connectivity index (χ4n) is 3.91. The molecule has 2 amide bonds. The highest BCUT2D eigenvalue weighted by molar-refractivity contribution is 5.97. The quantitative estimate of drug-likeness (QED) is 0.589. The zero-order valence-corrected chi connectivity index (χ0v) is 18.6. The predicted octanol–water partition coefficient (Wildman–Crippen LogP) is 3.06. The first-order valence-corrected chi connectivity index (χ1v) is 10.8. The molecule has 172 valence electrons. The Labute approximate surface area is 191 Å². The molecule has 9 nitrogen and oxygen atoms in total. The summed E-state index contributed by atoms with van der Waals surface area (Å²) in [6.07, 6.45) is 5.66. The van der Waals surface area contributed by atoms with Crippen molar-refractivity contribution in [2.24, 2.45) is 0 Å². The lowest BCUT2D eigenvalue weighted by Gasteiger charge is -2.34. The molecule has 1 atom stereocenters. The van der Waals surface area contributed by atoms with Crippen LogP contribution in [0.25, 0.3) is 11.3 Å². The fourth-order valence-corrected chi connectivity index (χ4v) is 3.91. The van der Waals surface area contributed by atoms with E-state index in [1.165, 1.54) is 0 Å². The summed E-state index contributed by atoms with van der Waals surface area (Å²) >= 11 is 0. The highest BCUT2D eigenvalue weighted by Crippen LogP contribution is 2.34. The molecule has 0 spiro atoms. The molecule has 0 radical (unpaired) electrons. The number of hydrogen-bond donors (Lipinski definition) is 1. The third-order valence-corrected chi connectivity index (χ3v) is 5.68. The Morgan fingerprint density at radius 2 is 1.94 bits per heavy atom. The number of pyridine rings is 1. The first kappa shape index (κ1) is 22.3. The summed E-state index contributed by atoms with van der Waals surface area (Å²) in [6.45, 7) is 0.862. The summed E-state index contributed by atoms with van der Waals surface area (Å²) in [5.74, 6) is 1.05. The van der Waals surface area contributed by atoms with Crippen LogP contribution in [0.1, 0.15) is 35.3 Å². The van der Waals surface area contributed by atoms with Gasteiger partial charge in [0.25, 0.3) is 5.91 Å². The molecular formula is C24H26N4O5. The Bertz CT molecular complexity index is 1120. The van der Waals surface area contributed by atoms with E-state index in [4.69, 9.17) is 14.0 Å². The number of amides is 2. The Kier molecular flexibility index (Phi) is 6.87. The maximum absolute atomic E-state index is 13.3. The van der Waals surface area contributed by atoms with Gasteiger partial charge in [-0.15, -0.1) is 0 Å². The highest BCUT2D eigenvalue weighted by Gasteiger charge is 2.34. The predicted molar refractivity (Wildman–Crippen MR) is 120 cm³/mol. The number of methoxy groups -OCH3 is 2. The second-order valence-electron chi connectivity index (χ2n) is 7.73. The molecule has 3 heterocycles. The van der Waals surface area contributed by atoms with Gasteiger partial charge < -0.3 is 24.2 Å². The summed E-state index contributed by atoms with van der Waals surface area (Å²) in [5.41, 5.74) is 1.71. The molecule has 4 rings (SSSR count). The van der Waals surface area contributed by atoms with E-state index in [2.05, 4.69) is 15.5 Å². The number of ether oxygens (including phenoxy) is 2. The second-order valence-corrected chi connectivity index (χ2v) is 7.73. The number of carbonyl (C=O) groups is 2. The van der Waals surface area contributed by atoms with E-state index in [9.17, 15) is 9.59 Å². The summed E-state index contributed by atoms with van der Waals surface area (Å²) in [4.78, 5) is 31.7. The van der Waals surface area contributed by atoms with E-state index in [0.717, 1.165) is 18.4 Å². The van der Waals surface area contributed by atoms with Gasteiger partial charge in [-0.3, -0.25) is 14.6 Å². The summed E-state index contributed by atoms with van der Waals surface area (Å²) in [5, 5.41) is 6.91. The number of carbonyl (C=O) groups excluding carboxylic acids is 2. The molecule has 0 unspecified atom stereocenters. The van der Waals surface area contributed by atoms with Crippen LogP contribution in [0.2, 0.25) is 0 Å². The van der Waals surface area contributed by atoms with Crippen molar-refractivity contribution < 1.29 is 23.6 Å². The van der Waals surface area contributed by atoms with Crippen molar-refractivity contribution in [3.63, 3.8) is 0 Å². The number of benzene rings is 1. The molecule has 1 N–H and O–H groups in total. The maximum atomic E-state index is 13.3. The van der Waals surface area contributed by atoms with Gasteiger partial charge in [0.2, 0.25) is 5.91 Å². The van der Waals surface area contributed by atoms with Crippen molar-refractivity contribution >= 4 is 11.8 Å². The first-order valence-electron chi connectivity index (χ1n) is 10.8. The topological polar surface area (TPSA) is 107 Å². The van der Waals surface area contributed by atoms with Gasteiger partial charge in [0.15, 0.2) is 11.5 Å². The van der Waals surface area contributed by atoms with Gasteiger partial charge in [0.05, 0.1) is 19.8 Å². The smallest absolute Gasteiger partial charge is 0.276 e. The standard InChI is InChI=1S/C24H26N4O5/c1-31-17-6-7-21(32-2)18(13-17)22-14-19(27-33-22)24(30)28-12-4-3-5-20(28)23(29)26-15-16-8-10-25-11-9-16/h6-11,13-14,20H,3-5,12,15H2,1-2H3,(H,26,29)/t20-/m1/s1. The van der Waals surface area contributed by atoms with Crippen LogP contribution >= 0.6 is 0 Å². The molecule has 2 aromatic heterocycles. The van der Waals surface area contributed by atoms with Crippen LogP contribution in [-0.4, -0.2) is 53.7 Å². The molecule has 0 bridgehead atoms. The van der Waals surface area contributed by atoms with Crippen LogP contribution in [0.3, 0.4) is 0 Å². The molecule has 1 aromatic carbocycles. The van der Waals surface area contributed by atoms with Crippen molar-refractivity contribution in [3.8, 4) is 22.8 Å². The van der Waals surface area contributed by atoms with E-state index < -0.39 is 6.04 Å². The van der Waals surface area contributed by atoms with Crippen molar-refractivity contribution in [1.29, 1.82) is 0 Å². The monoisotopic (exact) mass is 450 g/mol. The van der Waals surface area contributed by atoms with Crippen molar-refractivity contribution in [2.75, 3.05) is 20.8 Å². The van der Waals surface area contributed by atoms with Gasteiger partial charge in [0.1, 0.15) is 17.5 Å². The lowest BCUT2D eigenvalue weighted by molar-refractivity contribution is -0.126. The number of nitrogens with one attached hydrogen (secondary N) is 1. The van der Waals surface area contributed by atoms with Crippen LogP contribution in [-0.2, 0) is 11.3 Å². The molecule has 9 heteroatoms. The molecule has 1 aliphatic heterocycles. The lowest BCUT2D eigenvalue weighted by atomic mass is 10.0. The Balaban J connectivity index is 1.51. The minimum atomic E-state index is -0.556. The average Bonchev–Trinajstić information content (AvgIpc) is 3.37. The molecule has 3 aromatic rings. The fraction of sp³-hybridized carbons (Fsp3) is 0.333. The van der Waals surface area contributed by atoms with E-state index >= 15 is 0 Å². The zero-order valence-electron chi connectivity index (χ0n) is 18.6. The maximum Gasteiger partial charge on any atom is 0.276 e. The van der Waals surface area contributed by atoms with Gasteiger partial charge in [-0.25, -0.2) is 0 Å². The Hall–Kier alpha value is -3.88. The normalized spacial score (nSPS) is 15.7. The third-order valence-electron chi connectivity index (χ3n) is 5.68. The number of hydrogen-bond acceptors (Lipinski definition) is 7. The van der Waals surface area contributed by atoms with Gasteiger partial charge in [-0.2, -0.15) is 0 Å². The van der Waals surface area contributed by atoms with Gasteiger partial charge in [0, 0.05) is 31.5 Å². The molecule has 0 aliphatic carbocycles. The second kappa shape index (κ2) is 10.2. The van der Waals surface area contributed by atoms with Crippen LogP contribution in [0, 0.1) is 0 Å². The average molecular weight is 450 g/mol. The Morgan fingerprint density at radius 3 is 2.70 bits per heavy atom. The number of nitrogens with zero attached hydrogens (tertiary/aromatic N) is 3. The largest absolute Gasteiger partial charge is 0.497 e. The number of aromatic nitrogens is 2. The molecule has 1 aliphatic rings.